The van der Waals surface area contributed by atoms with Gasteiger partial charge in [-0.25, -0.2) is 0 Å². The molecule has 2 aliphatic heterocycles. The van der Waals surface area contributed by atoms with Gasteiger partial charge in [-0.3, -0.25) is 14.1 Å². The van der Waals surface area contributed by atoms with Crippen molar-refractivity contribution in [2.45, 2.75) is 38.8 Å². The molecule has 116 valence electrons. The Hall–Kier alpha value is -1.50. The molecule has 0 N–H and O–H groups in total. The first-order valence-electron chi connectivity index (χ1n) is 7.52. The van der Waals surface area contributed by atoms with Crippen molar-refractivity contribution in [3.05, 3.63) is 11.7 Å². The average molecular weight is 296 g/mol. The van der Waals surface area contributed by atoms with Crippen LogP contribution < -0.4 is 0 Å². The summed E-state index contributed by atoms with van der Waals surface area (Å²) in [7, 11) is 0. The summed E-state index contributed by atoms with van der Waals surface area (Å²) in [5.41, 5.74) is 0. The van der Waals surface area contributed by atoms with Gasteiger partial charge in [0.15, 0.2) is 5.82 Å². The highest BCUT2D eigenvalue weighted by atomic mass is 19.1. The van der Waals surface area contributed by atoms with Gasteiger partial charge in [-0.05, 0) is 12.8 Å². The Bertz CT molecular complexity index is 499. The molecular formula is C14H21FN4O2. The van der Waals surface area contributed by atoms with E-state index < -0.39 is 6.67 Å². The minimum Gasteiger partial charge on any atom is -0.340 e. The van der Waals surface area contributed by atoms with Gasteiger partial charge in [0.1, 0.15) is 0 Å². The zero-order valence-corrected chi connectivity index (χ0v) is 12.3. The Balaban J connectivity index is 1.50. The van der Waals surface area contributed by atoms with E-state index in [0.29, 0.717) is 31.2 Å². The van der Waals surface area contributed by atoms with Crippen molar-refractivity contribution in [2.75, 3.05) is 26.3 Å². The Morgan fingerprint density at radius 3 is 2.71 bits per heavy atom. The quantitative estimate of drug-likeness (QED) is 0.834. The van der Waals surface area contributed by atoms with Crippen LogP contribution in [0.25, 0.3) is 0 Å². The van der Waals surface area contributed by atoms with Crippen molar-refractivity contribution in [1.82, 2.24) is 19.9 Å². The summed E-state index contributed by atoms with van der Waals surface area (Å²) in [5, 5.41) is 3.91. The molecule has 0 saturated carbocycles. The fraction of sp³-hybridized carbons (Fsp3) is 0.786. The minimum atomic E-state index is -0.391. The number of aryl methyl sites for hydroxylation is 1. The molecule has 0 radical (unpaired) electrons. The molecule has 3 heterocycles. The van der Waals surface area contributed by atoms with E-state index in [-0.39, 0.29) is 17.9 Å². The van der Waals surface area contributed by atoms with Gasteiger partial charge in [-0.15, -0.1) is 0 Å². The van der Waals surface area contributed by atoms with Crippen LogP contribution in [0.5, 0.6) is 0 Å². The molecule has 2 saturated heterocycles. The molecule has 3 rings (SSSR count). The highest BCUT2D eigenvalue weighted by Gasteiger charge is 2.35. The van der Waals surface area contributed by atoms with Crippen LogP contribution in [0.15, 0.2) is 4.52 Å². The molecule has 7 heteroatoms. The number of nitrogens with zero attached hydrogens (tertiary/aromatic N) is 4. The maximum Gasteiger partial charge on any atom is 0.223 e. The van der Waals surface area contributed by atoms with Crippen molar-refractivity contribution in [3.8, 4) is 0 Å². The van der Waals surface area contributed by atoms with Gasteiger partial charge >= 0.3 is 0 Å². The summed E-state index contributed by atoms with van der Waals surface area (Å²) in [6.07, 6.45) is 2.24. The van der Waals surface area contributed by atoms with Gasteiger partial charge in [-0.2, -0.15) is 4.98 Å². The standard InChI is InChI=1S/C14H21FN4O2/c1-10-16-13(17-21-10)9-18-4-2-12(3-5-18)19-8-11(7-15)6-14(19)20/h11-12H,2-9H2,1H3. The SMILES string of the molecule is Cc1nc(CN2CCC(N3CC(CF)CC3=O)CC2)no1. The molecule has 21 heavy (non-hydrogen) atoms. The van der Waals surface area contributed by atoms with Gasteiger partial charge in [0.2, 0.25) is 11.8 Å². The number of hydrogen-bond donors (Lipinski definition) is 0. The first-order chi connectivity index (χ1) is 10.2. The fourth-order valence-corrected chi connectivity index (χ4v) is 3.26. The molecule has 0 aromatic carbocycles. The summed E-state index contributed by atoms with van der Waals surface area (Å²) >= 11 is 0. The van der Waals surface area contributed by atoms with E-state index in [1.165, 1.54) is 0 Å². The number of alkyl halides is 1. The zero-order valence-electron chi connectivity index (χ0n) is 12.3. The molecule has 2 aliphatic rings. The molecule has 6 nitrogen and oxygen atoms in total. The lowest BCUT2D eigenvalue weighted by molar-refractivity contribution is -0.130. The van der Waals surface area contributed by atoms with Crippen LogP contribution in [-0.4, -0.2) is 58.2 Å². The van der Waals surface area contributed by atoms with Crippen molar-refractivity contribution in [3.63, 3.8) is 0 Å². The van der Waals surface area contributed by atoms with Gasteiger partial charge in [0, 0.05) is 44.9 Å². The molecule has 1 unspecified atom stereocenters. The van der Waals surface area contributed by atoms with Gasteiger partial charge in [-0.1, -0.05) is 5.16 Å². The Morgan fingerprint density at radius 1 is 1.38 bits per heavy atom. The zero-order chi connectivity index (χ0) is 14.8. The van der Waals surface area contributed by atoms with Gasteiger partial charge < -0.3 is 9.42 Å². The van der Waals surface area contributed by atoms with Crippen LogP contribution in [0.1, 0.15) is 31.0 Å². The van der Waals surface area contributed by atoms with E-state index >= 15 is 0 Å². The first kappa shape index (κ1) is 14.4. The normalized spacial score (nSPS) is 25.0. The Morgan fingerprint density at radius 2 is 2.14 bits per heavy atom. The molecule has 0 aliphatic carbocycles. The highest BCUT2D eigenvalue weighted by Crippen LogP contribution is 2.26. The lowest BCUT2D eigenvalue weighted by atomic mass is 10.0. The summed E-state index contributed by atoms with van der Waals surface area (Å²) < 4.78 is 17.7. The van der Waals surface area contributed by atoms with Crippen molar-refractivity contribution in [2.24, 2.45) is 5.92 Å². The van der Waals surface area contributed by atoms with Crippen LogP contribution in [0.3, 0.4) is 0 Å². The number of carbonyl (C=O) groups excluding carboxylic acids is 1. The fourth-order valence-electron chi connectivity index (χ4n) is 3.26. The number of piperidine rings is 1. The lowest BCUT2D eigenvalue weighted by Crippen LogP contribution is -2.45. The second-order valence-electron chi connectivity index (χ2n) is 6.01. The largest absolute Gasteiger partial charge is 0.340 e. The molecule has 1 aromatic rings. The third-order valence-electron chi connectivity index (χ3n) is 4.39. The van der Waals surface area contributed by atoms with Crippen molar-refractivity contribution < 1.29 is 13.7 Å². The second-order valence-corrected chi connectivity index (χ2v) is 6.01. The topological polar surface area (TPSA) is 62.5 Å². The predicted molar refractivity (Wildman–Crippen MR) is 73.1 cm³/mol. The minimum absolute atomic E-state index is 0.0992. The number of halogens is 1. The van der Waals surface area contributed by atoms with E-state index in [1.807, 2.05) is 4.90 Å². The van der Waals surface area contributed by atoms with Crippen LogP contribution in [0.2, 0.25) is 0 Å². The van der Waals surface area contributed by atoms with Crippen LogP contribution in [0, 0.1) is 12.8 Å². The summed E-state index contributed by atoms with van der Waals surface area (Å²) in [6.45, 7) is 4.47. The van der Waals surface area contributed by atoms with E-state index in [2.05, 4.69) is 15.0 Å². The Kier molecular flexibility index (Phi) is 4.19. The first-order valence-corrected chi connectivity index (χ1v) is 7.52. The third kappa shape index (κ3) is 3.23. The number of rotatable bonds is 4. The number of amides is 1. The van der Waals surface area contributed by atoms with Crippen LogP contribution in [-0.2, 0) is 11.3 Å². The summed E-state index contributed by atoms with van der Waals surface area (Å²) in [5.74, 6) is 1.31. The molecule has 1 atom stereocenters. The van der Waals surface area contributed by atoms with Crippen molar-refractivity contribution in [1.29, 1.82) is 0 Å². The van der Waals surface area contributed by atoms with E-state index in [4.69, 9.17) is 4.52 Å². The Labute approximate surface area is 123 Å². The van der Waals surface area contributed by atoms with Crippen molar-refractivity contribution >= 4 is 5.91 Å². The molecule has 1 aromatic heterocycles. The highest BCUT2D eigenvalue weighted by molar-refractivity contribution is 5.79. The van der Waals surface area contributed by atoms with E-state index in [9.17, 15) is 9.18 Å². The number of likely N-dealkylation sites (tertiary alicyclic amines) is 2. The number of hydrogen-bond acceptors (Lipinski definition) is 5. The molecular weight excluding hydrogens is 275 g/mol. The maximum absolute atomic E-state index is 12.7. The number of carbonyl (C=O) groups is 1. The number of aromatic nitrogens is 2. The molecule has 0 bridgehead atoms. The van der Waals surface area contributed by atoms with E-state index in [0.717, 1.165) is 25.9 Å². The summed E-state index contributed by atoms with van der Waals surface area (Å²) in [6, 6.07) is 0.261. The van der Waals surface area contributed by atoms with Gasteiger partial charge in [0.05, 0.1) is 13.2 Å². The molecule has 1 amide bonds. The monoisotopic (exact) mass is 296 g/mol. The second kappa shape index (κ2) is 6.09. The molecule has 0 spiro atoms. The average Bonchev–Trinajstić information content (AvgIpc) is 3.06. The van der Waals surface area contributed by atoms with Gasteiger partial charge in [0.25, 0.3) is 0 Å². The molecule has 2 fully saturated rings. The maximum atomic E-state index is 12.7. The lowest BCUT2D eigenvalue weighted by Gasteiger charge is -2.36. The van der Waals surface area contributed by atoms with Crippen LogP contribution >= 0.6 is 0 Å². The van der Waals surface area contributed by atoms with E-state index in [1.54, 1.807) is 6.92 Å². The predicted octanol–water partition coefficient (Wildman–Crippen LogP) is 1.16. The van der Waals surface area contributed by atoms with Crippen LogP contribution in [0.4, 0.5) is 4.39 Å². The summed E-state index contributed by atoms with van der Waals surface area (Å²) in [4.78, 5) is 20.3. The third-order valence-corrected chi connectivity index (χ3v) is 4.39. The smallest absolute Gasteiger partial charge is 0.223 e.